The van der Waals surface area contributed by atoms with Crippen LogP contribution in [0, 0.1) is 5.82 Å². The van der Waals surface area contributed by atoms with Crippen LogP contribution in [-0.2, 0) is 22.7 Å². The molecule has 1 saturated heterocycles. The smallest absolute Gasteiger partial charge is 0.255 e. The molecule has 37 heavy (non-hydrogen) atoms. The minimum Gasteiger partial charge on any atom is -0.348 e. The van der Waals surface area contributed by atoms with Gasteiger partial charge in [-0.05, 0) is 58.3 Å². The van der Waals surface area contributed by atoms with Gasteiger partial charge in [0, 0.05) is 35.2 Å². The maximum absolute atomic E-state index is 15.4. The molecule has 0 radical (unpaired) electrons. The molecule has 4 aromatic rings. The van der Waals surface area contributed by atoms with E-state index >= 15 is 4.39 Å². The molecule has 2 N–H and O–H groups in total. The number of piperidine rings is 1. The van der Waals surface area contributed by atoms with Gasteiger partial charge in [-0.2, -0.15) is 0 Å². The largest absolute Gasteiger partial charge is 0.348 e. The number of carbonyl (C=O) groups is 4. The fourth-order valence-electron chi connectivity index (χ4n) is 5.15. The summed E-state index contributed by atoms with van der Waals surface area (Å²) in [5.41, 5.74) is 1.10. The predicted molar refractivity (Wildman–Crippen MR) is 135 cm³/mol. The first kappa shape index (κ1) is 22.8. The Hall–Kier alpha value is -4.59. The predicted octanol–water partition coefficient (Wildman–Crippen LogP) is 3.82. The zero-order valence-electron chi connectivity index (χ0n) is 19.7. The van der Waals surface area contributed by atoms with Crippen molar-refractivity contribution in [2.75, 3.05) is 0 Å². The van der Waals surface area contributed by atoms with Gasteiger partial charge in [-0.3, -0.25) is 24.5 Å². The molecule has 4 amide bonds. The highest BCUT2D eigenvalue weighted by atomic mass is 19.1. The number of hydrogen-bond acceptors (Lipinski definition) is 4. The second kappa shape index (κ2) is 8.81. The van der Waals surface area contributed by atoms with Gasteiger partial charge < -0.3 is 10.2 Å². The first-order valence-electron chi connectivity index (χ1n) is 12.0. The van der Waals surface area contributed by atoms with E-state index in [-0.39, 0.29) is 54.4 Å². The van der Waals surface area contributed by atoms with E-state index in [1.165, 1.54) is 17.0 Å². The maximum Gasteiger partial charge on any atom is 0.255 e. The molecule has 2 aliphatic heterocycles. The van der Waals surface area contributed by atoms with Gasteiger partial charge in [0.05, 0.1) is 6.54 Å². The summed E-state index contributed by atoms with van der Waals surface area (Å²) in [6.07, 6.45) is 0.331. The third-order valence-corrected chi connectivity index (χ3v) is 7.14. The molecule has 2 heterocycles. The normalized spacial score (nSPS) is 17.3. The molecule has 1 fully saturated rings. The van der Waals surface area contributed by atoms with Crippen molar-refractivity contribution >= 4 is 45.2 Å². The van der Waals surface area contributed by atoms with Gasteiger partial charge in [0.1, 0.15) is 11.9 Å². The van der Waals surface area contributed by atoms with Crippen molar-refractivity contribution in [3.63, 3.8) is 0 Å². The highest BCUT2D eigenvalue weighted by Crippen LogP contribution is 2.31. The molecular formula is C29H22FN3O4. The number of halogens is 1. The molecule has 0 spiro atoms. The summed E-state index contributed by atoms with van der Waals surface area (Å²) in [5.74, 6) is -2.28. The highest BCUT2D eigenvalue weighted by molar-refractivity contribution is 6.06. The molecule has 0 saturated carbocycles. The van der Waals surface area contributed by atoms with Crippen LogP contribution in [0.5, 0.6) is 0 Å². The zero-order chi connectivity index (χ0) is 25.7. The van der Waals surface area contributed by atoms with Gasteiger partial charge in [0.15, 0.2) is 0 Å². The molecule has 1 unspecified atom stereocenters. The standard InChI is InChI=1S/C29H22FN3O4/c30-26-20(7-8-22-23(26)15-33(29(22)37)24-9-10-25(34)32-28(24)36)14-31-27(35)19-6-5-18-11-16-3-1-2-4-17(16)12-21(18)13-19/h1-8,11-13,24H,9-10,14-15H2,(H,31,35)(H,32,34,36). The Bertz CT molecular complexity index is 1650. The molecule has 0 aliphatic carbocycles. The summed E-state index contributed by atoms with van der Waals surface area (Å²) in [4.78, 5) is 50.7. The lowest BCUT2D eigenvalue weighted by Gasteiger charge is -2.29. The fourth-order valence-corrected chi connectivity index (χ4v) is 5.15. The average molecular weight is 496 g/mol. The first-order valence-corrected chi connectivity index (χ1v) is 12.0. The molecule has 0 aromatic heterocycles. The Morgan fingerprint density at radius 3 is 2.43 bits per heavy atom. The number of fused-ring (bicyclic) bond motifs is 3. The summed E-state index contributed by atoms with van der Waals surface area (Å²) >= 11 is 0. The number of carbonyl (C=O) groups excluding carboxylic acids is 4. The number of imide groups is 1. The van der Waals surface area contributed by atoms with Gasteiger partial charge in [-0.1, -0.05) is 36.4 Å². The highest BCUT2D eigenvalue weighted by Gasteiger charge is 2.40. The number of amides is 4. The van der Waals surface area contributed by atoms with E-state index in [4.69, 9.17) is 0 Å². The first-order chi connectivity index (χ1) is 17.9. The van der Waals surface area contributed by atoms with Crippen LogP contribution in [0.3, 0.4) is 0 Å². The Kier molecular flexibility index (Phi) is 5.44. The average Bonchev–Trinajstić information content (AvgIpc) is 3.23. The fraction of sp³-hybridized carbons (Fsp3) is 0.172. The molecule has 8 heteroatoms. The second-order valence-corrected chi connectivity index (χ2v) is 9.41. The summed E-state index contributed by atoms with van der Waals surface area (Å²) in [5, 5.41) is 9.15. The van der Waals surface area contributed by atoms with Crippen LogP contribution in [0.15, 0.2) is 66.7 Å². The molecule has 184 valence electrons. The minimum absolute atomic E-state index is 0.0552. The number of rotatable bonds is 4. The van der Waals surface area contributed by atoms with Crippen molar-refractivity contribution in [2.24, 2.45) is 0 Å². The van der Waals surface area contributed by atoms with Gasteiger partial charge in [0.25, 0.3) is 11.8 Å². The van der Waals surface area contributed by atoms with E-state index in [9.17, 15) is 19.2 Å². The third-order valence-electron chi connectivity index (χ3n) is 7.14. The lowest BCUT2D eigenvalue weighted by atomic mass is 10.0. The molecule has 7 nitrogen and oxygen atoms in total. The van der Waals surface area contributed by atoms with Gasteiger partial charge in [-0.25, -0.2) is 4.39 Å². The van der Waals surface area contributed by atoms with Crippen LogP contribution < -0.4 is 10.6 Å². The van der Waals surface area contributed by atoms with E-state index in [0.717, 1.165) is 21.5 Å². The van der Waals surface area contributed by atoms with E-state index < -0.39 is 23.7 Å². The lowest BCUT2D eigenvalue weighted by molar-refractivity contribution is -0.136. The quantitative estimate of drug-likeness (QED) is 0.332. The minimum atomic E-state index is -0.815. The summed E-state index contributed by atoms with van der Waals surface area (Å²) in [6.45, 7) is -0.118. The molecule has 1 atom stereocenters. The van der Waals surface area contributed by atoms with Crippen molar-refractivity contribution in [3.8, 4) is 0 Å². The second-order valence-electron chi connectivity index (χ2n) is 9.41. The van der Waals surface area contributed by atoms with E-state index in [1.807, 2.05) is 42.5 Å². The van der Waals surface area contributed by atoms with Gasteiger partial charge in [-0.15, -0.1) is 0 Å². The lowest BCUT2D eigenvalue weighted by Crippen LogP contribution is -2.52. The van der Waals surface area contributed by atoms with Crippen molar-refractivity contribution < 1.29 is 23.6 Å². The van der Waals surface area contributed by atoms with E-state index in [1.54, 1.807) is 6.07 Å². The van der Waals surface area contributed by atoms with Crippen LogP contribution in [0.25, 0.3) is 21.5 Å². The SMILES string of the molecule is O=C1CCC(N2Cc3c(ccc(CNC(=O)c4ccc5cc6ccccc6cc5c4)c3F)C2=O)C(=O)N1. The van der Waals surface area contributed by atoms with Crippen LogP contribution in [-0.4, -0.2) is 34.6 Å². The van der Waals surface area contributed by atoms with Crippen LogP contribution in [0.4, 0.5) is 4.39 Å². The van der Waals surface area contributed by atoms with Crippen LogP contribution in [0.1, 0.15) is 44.7 Å². The molecule has 2 aliphatic rings. The van der Waals surface area contributed by atoms with Gasteiger partial charge >= 0.3 is 0 Å². The number of nitrogens with one attached hydrogen (secondary N) is 2. The summed E-state index contributed by atoms with van der Waals surface area (Å²) in [6, 6.07) is 19.7. The number of hydrogen-bond donors (Lipinski definition) is 2. The monoisotopic (exact) mass is 495 g/mol. The van der Waals surface area contributed by atoms with Crippen molar-refractivity contribution in [1.29, 1.82) is 0 Å². The Labute approximate surface area is 211 Å². The van der Waals surface area contributed by atoms with E-state index in [2.05, 4.69) is 16.7 Å². The van der Waals surface area contributed by atoms with Gasteiger partial charge in [0.2, 0.25) is 11.8 Å². The Morgan fingerprint density at radius 1 is 0.946 bits per heavy atom. The summed E-state index contributed by atoms with van der Waals surface area (Å²) in [7, 11) is 0. The third kappa shape index (κ3) is 4.00. The van der Waals surface area contributed by atoms with Crippen molar-refractivity contribution in [2.45, 2.75) is 32.0 Å². The number of benzene rings is 4. The van der Waals surface area contributed by atoms with E-state index in [0.29, 0.717) is 5.56 Å². The molecule has 6 rings (SSSR count). The molecule has 4 aromatic carbocycles. The molecule has 0 bridgehead atoms. The summed E-state index contributed by atoms with van der Waals surface area (Å²) < 4.78 is 15.4. The van der Waals surface area contributed by atoms with Crippen molar-refractivity contribution in [3.05, 3.63) is 94.8 Å². The topological polar surface area (TPSA) is 95.6 Å². The number of nitrogens with zero attached hydrogens (tertiary/aromatic N) is 1. The Balaban J connectivity index is 1.19. The maximum atomic E-state index is 15.4. The van der Waals surface area contributed by atoms with Crippen LogP contribution >= 0.6 is 0 Å². The van der Waals surface area contributed by atoms with Crippen molar-refractivity contribution in [1.82, 2.24) is 15.5 Å². The molecular weight excluding hydrogens is 473 g/mol. The van der Waals surface area contributed by atoms with Crippen LogP contribution in [0.2, 0.25) is 0 Å². The zero-order valence-corrected chi connectivity index (χ0v) is 19.7. The Morgan fingerprint density at radius 2 is 1.68 bits per heavy atom.